The average Bonchev–Trinajstić information content (AvgIpc) is 2.53. The van der Waals surface area contributed by atoms with Crippen LogP contribution in [0, 0.1) is 5.92 Å². The molecule has 0 radical (unpaired) electrons. The van der Waals surface area contributed by atoms with Crippen molar-refractivity contribution in [1.29, 1.82) is 0 Å². The van der Waals surface area contributed by atoms with Crippen molar-refractivity contribution in [3.05, 3.63) is 29.3 Å². The first-order valence-electron chi connectivity index (χ1n) is 8.62. The minimum atomic E-state index is -0.447. The lowest BCUT2D eigenvalue weighted by atomic mass is 9.84. The van der Waals surface area contributed by atoms with E-state index in [4.69, 9.17) is 4.74 Å². The van der Waals surface area contributed by atoms with Gasteiger partial charge in [0.1, 0.15) is 5.75 Å². The lowest BCUT2D eigenvalue weighted by Crippen LogP contribution is -2.45. The van der Waals surface area contributed by atoms with Crippen molar-refractivity contribution >= 4 is 0 Å². The Labute approximate surface area is 140 Å². The van der Waals surface area contributed by atoms with Crippen LogP contribution in [0.25, 0.3) is 0 Å². The van der Waals surface area contributed by atoms with Gasteiger partial charge >= 0.3 is 0 Å². The summed E-state index contributed by atoms with van der Waals surface area (Å²) in [7, 11) is 1.70. The fourth-order valence-corrected chi connectivity index (χ4v) is 3.23. The van der Waals surface area contributed by atoms with Crippen molar-refractivity contribution in [3.8, 4) is 5.75 Å². The number of aliphatic hydroxyl groups is 1. The Hall–Kier alpha value is -1.10. The van der Waals surface area contributed by atoms with Gasteiger partial charge in [-0.05, 0) is 34.6 Å². The average molecular weight is 320 g/mol. The van der Waals surface area contributed by atoms with Crippen molar-refractivity contribution in [1.82, 2.24) is 10.2 Å². The molecule has 0 bridgehead atoms. The smallest absolute Gasteiger partial charge is 0.122 e. The molecule has 1 fully saturated rings. The summed E-state index contributed by atoms with van der Waals surface area (Å²) in [5, 5.41) is 14.2. The first-order chi connectivity index (χ1) is 10.8. The number of nitrogens with one attached hydrogen (secondary N) is 1. The van der Waals surface area contributed by atoms with Crippen LogP contribution < -0.4 is 10.1 Å². The molecule has 4 heteroatoms. The van der Waals surface area contributed by atoms with E-state index >= 15 is 0 Å². The van der Waals surface area contributed by atoms with E-state index < -0.39 is 6.10 Å². The van der Waals surface area contributed by atoms with Gasteiger partial charge in [0.2, 0.25) is 0 Å². The molecule has 2 atom stereocenters. The maximum atomic E-state index is 10.8. The van der Waals surface area contributed by atoms with Crippen LogP contribution in [0.4, 0.5) is 0 Å². The number of aliphatic hydroxyl groups excluding tert-OH is 1. The normalized spacial score (nSPS) is 19.4. The van der Waals surface area contributed by atoms with Gasteiger partial charge in [0.15, 0.2) is 0 Å². The van der Waals surface area contributed by atoms with Crippen molar-refractivity contribution in [2.24, 2.45) is 5.92 Å². The summed E-state index contributed by atoms with van der Waals surface area (Å²) < 4.78 is 5.49. The Morgan fingerprint density at radius 2 is 1.91 bits per heavy atom. The van der Waals surface area contributed by atoms with Crippen LogP contribution in [0.2, 0.25) is 0 Å². The zero-order chi connectivity index (χ0) is 17.0. The third kappa shape index (κ3) is 4.69. The zero-order valence-corrected chi connectivity index (χ0v) is 15.2. The minimum absolute atomic E-state index is 0.0111. The Morgan fingerprint density at radius 3 is 2.48 bits per heavy atom. The van der Waals surface area contributed by atoms with E-state index in [0.29, 0.717) is 0 Å². The number of hydrogen-bond acceptors (Lipinski definition) is 4. The molecule has 0 saturated carbocycles. The molecule has 0 aliphatic carbocycles. The largest absolute Gasteiger partial charge is 0.496 e. The highest BCUT2D eigenvalue weighted by molar-refractivity contribution is 5.42. The van der Waals surface area contributed by atoms with E-state index in [9.17, 15) is 5.11 Å². The molecule has 1 aliphatic heterocycles. The zero-order valence-electron chi connectivity index (χ0n) is 15.2. The van der Waals surface area contributed by atoms with Crippen LogP contribution in [-0.4, -0.2) is 49.8 Å². The van der Waals surface area contributed by atoms with E-state index in [1.165, 1.54) is 0 Å². The summed E-state index contributed by atoms with van der Waals surface area (Å²) >= 11 is 0. The van der Waals surface area contributed by atoms with Gasteiger partial charge < -0.3 is 20.1 Å². The quantitative estimate of drug-likeness (QED) is 0.875. The second kappa shape index (κ2) is 7.65. The highest BCUT2D eigenvalue weighted by Crippen LogP contribution is 2.34. The first-order valence-corrected chi connectivity index (χ1v) is 8.62. The Balaban J connectivity index is 2.13. The molecule has 0 aromatic heterocycles. The fraction of sp³-hybridized carbons (Fsp3) is 0.684. The lowest BCUT2D eigenvalue weighted by Gasteiger charge is -2.32. The number of benzene rings is 1. The lowest BCUT2D eigenvalue weighted by molar-refractivity contribution is 0.0841. The van der Waals surface area contributed by atoms with Gasteiger partial charge in [0, 0.05) is 32.7 Å². The second-order valence-electron chi connectivity index (χ2n) is 7.68. The van der Waals surface area contributed by atoms with Gasteiger partial charge in [0.05, 0.1) is 13.2 Å². The fourth-order valence-electron chi connectivity index (χ4n) is 3.23. The summed E-state index contributed by atoms with van der Waals surface area (Å²) in [4.78, 5) is 2.43. The number of rotatable bonds is 5. The molecule has 1 saturated heterocycles. The summed E-state index contributed by atoms with van der Waals surface area (Å²) in [5.74, 6) is 1.09. The number of hydrogen-bond donors (Lipinski definition) is 2. The molecule has 23 heavy (non-hydrogen) atoms. The summed E-state index contributed by atoms with van der Waals surface area (Å²) in [6.07, 6.45) is -0.447. The van der Waals surface area contributed by atoms with Crippen molar-refractivity contribution in [2.45, 2.75) is 39.2 Å². The van der Waals surface area contributed by atoms with Gasteiger partial charge in [-0.2, -0.15) is 0 Å². The molecule has 1 heterocycles. The van der Waals surface area contributed by atoms with Crippen LogP contribution in [-0.2, 0) is 5.41 Å². The summed E-state index contributed by atoms with van der Waals surface area (Å²) in [6.45, 7) is 13.8. The molecule has 2 N–H and O–H groups in total. The molecule has 1 aromatic carbocycles. The topological polar surface area (TPSA) is 44.7 Å². The molecule has 1 aromatic rings. The first kappa shape index (κ1) is 18.2. The highest BCUT2D eigenvalue weighted by Gasteiger charge is 2.24. The minimum Gasteiger partial charge on any atom is -0.496 e. The number of ether oxygens (including phenoxy) is 1. The molecule has 4 nitrogen and oxygen atoms in total. The van der Waals surface area contributed by atoms with Crippen molar-refractivity contribution in [2.75, 3.05) is 39.8 Å². The molecule has 1 aliphatic rings. The molecule has 2 unspecified atom stereocenters. The molecular weight excluding hydrogens is 288 g/mol. The van der Waals surface area contributed by atoms with Crippen molar-refractivity contribution < 1.29 is 9.84 Å². The number of nitrogens with zero attached hydrogens (tertiary/aromatic N) is 1. The van der Waals surface area contributed by atoms with Gasteiger partial charge in [-0.1, -0.05) is 33.8 Å². The van der Waals surface area contributed by atoms with Crippen LogP contribution in [0.15, 0.2) is 18.2 Å². The Morgan fingerprint density at radius 1 is 1.26 bits per heavy atom. The molecule has 0 amide bonds. The van der Waals surface area contributed by atoms with E-state index in [1.807, 2.05) is 12.1 Å². The van der Waals surface area contributed by atoms with E-state index in [2.05, 4.69) is 44.0 Å². The standard InChI is InChI=1S/C19H32N2O2/c1-14(13-21-10-8-20-9-11-21)18(22)15-6-7-17(23-5)16(12-15)19(2,3)4/h6-7,12,14,18,20,22H,8-11,13H2,1-5H3. The van der Waals surface area contributed by atoms with Crippen LogP contribution in [0.5, 0.6) is 5.75 Å². The molecule has 130 valence electrons. The van der Waals surface area contributed by atoms with E-state index in [-0.39, 0.29) is 11.3 Å². The van der Waals surface area contributed by atoms with Gasteiger partial charge in [-0.15, -0.1) is 0 Å². The predicted molar refractivity (Wildman–Crippen MR) is 95.1 cm³/mol. The third-order valence-corrected chi connectivity index (χ3v) is 4.67. The van der Waals surface area contributed by atoms with Crippen LogP contribution in [0.1, 0.15) is 44.9 Å². The van der Waals surface area contributed by atoms with Gasteiger partial charge in [-0.25, -0.2) is 0 Å². The third-order valence-electron chi connectivity index (χ3n) is 4.67. The SMILES string of the molecule is COc1ccc(C(O)C(C)CN2CCNCC2)cc1C(C)(C)C. The monoisotopic (exact) mass is 320 g/mol. The van der Waals surface area contributed by atoms with Gasteiger partial charge in [0.25, 0.3) is 0 Å². The van der Waals surface area contributed by atoms with E-state index in [0.717, 1.165) is 49.6 Å². The summed E-state index contributed by atoms with van der Waals surface area (Å²) in [5.41, 5.74) is 2.12. The summed E-state index contributed by atoms with van der Waals surface area (Å²) in [6, 6.07) is 6.08. The van der Waals surface area contributed by atoms with Gasteiger partial charge in [-0.3, -0.25) is 0 Å². The van der Waals surface area contributed by atoms with E-state index in [1.54, 1.807) is 7.11 Å². The predicted octanol–water partition coefficient (Wildman–Crippen LogP) is 2.57. The Kier molecular flexibility index (Phi) is 6.06. The van der Waals surface area contributed by atoms with Crippen LogP contribution >= 0.6 is 0 Å². The molecule has 0 spiro atoms. The second-order valence-corrected chi connectivity index (χ2v) is 7.68. The highest BCUT2D eigenvalue weighted by atomic mass is 16.5. The maximum Gasteiger partial charge on any atom is 0.122 e. The molecule has 2 rings (SSSR count). The maximum absolute atomic E-state index is 10.8. The number of piperazine rings is 1. The number of methoxy groups -OCH3 is 1. The molecular formula is C19H32N2O2. The van der Waals surface area contributed by atoms with Crippen LogP contribution in [0.3, 0.4) is 0 Å². The van der Waals surface area contributed by atoms with Crippen molar-refractivity contribution in [3.63, 3.8) is 0 Å². The Bertz CT molecular complexity index is 505.